The Hall–Kier alpha value is -0.760. The lowest BCUT2D eigenvalue weighted by atomic mass is 10.1. The van der Waals surface area contributed by atoms with Crippen LogP contribution in [0.1, 0.15) is 18.7 Å². The van der Waals surface area contributed by atoms with Crippen LogP contribution in [0.2, 0.25) is 0 Å². The number of benzene rings is 1. The first-order chi connectivity index (χ1) is 6.15. The summed E-state index contributed by atoms with van der Waals surface area (Å²) in [6, 6.07) is 7.47. The molecule has 0 N–H and O–H groups in total. The molecule has 0 aromatic heterocycles. The molecule has 0 radical (unpaired) electrons. The van der Waals surface area contributed by atoms with E-state index >= 15 is 0 Å². The number of hydrogen-bond acceptors (Lipinski definition) is 1. The second-order valence-corrected chi connectivity index (χ2v) is 3.86. The first-order valence-electron chi connectivity index (χ1n) is 4.08. The van der Waals surface area contributed by atoms with Crippen molar-refractivity contribution in [2.75, 3.05) is 6.26 Å². The van der Waals surface area contributed by atoms with Crippen LogP contribution in [0.3, 0.4) is 0 Å². The average Bonchev–Trinajstić information content (AvgIpc) is 2.17. The van der Waals surface area contributed by atoms with Crippen molar-refractivity contribution in [3.8, 4) is 0 Å². The zero-order valence-corrected chi connectivity index (χ0v) is 8.70. The standard InChI is InChI=1S/C11H13FS/c1-8(2)11(12)9-4-6-10(13-3)7-5-9/h4-7,11H,1H2,2-3H3. The first kappa shape index (κ1) is 10.3. The van der Waals surface area contributed by atoms with E-state index in [9.17, 15) is 4.39 Å². The minimum absolute atomic E-state index is 0.553. The number of allylic oxidation sites excluding steroid dienone is 1. The molecular weight excluding hydrogens is 183 g/mol. The predicted molar refractivity (Wildman–Crippen MR) is 56.9 cm³/mol. The van der Waals surface area contributed by atoms with E-state index in [2.05, 4.69) is 6.58 Å². The third-order valence-electron chi connectivity index (χ3n) is 1.84. The Labute approximate surface area is 82.9 Å². The van der Waals surface area contributed by atoms with E-state index in [-0.39, 0.29) is 0 Å². The summed E-state index contributed by atoms with van der Waals surface area (Å²) in [6.07, 6.45) is 0.969. The highest BCUT2D eigenvalue weighted by molar-refractivity contribution is 7.98. The van der Waals surface area contributed by atoms with E-state index in [1.807, 2.05) is 30.5 Å². The molecule has 0 heterocycles. The highest BCUT2D eigenvalue weighted by Gasteiger charge is 2.09. The molecule has 0 saturated heterocycles. The van der Waals surface area contributed by atoms with E-state index in [1.165, 1.54) is 0 Å². The Balaban J connectivity index is 2.85. The maximum Gasteiger partial charge on any atom is 0.146 e. The van der Waals surface area contributed by atoms with Crippen LogP contribution in [0.5, 0.6) is 0 Å². The monoisotopic (exact) mass is 196 g/mol. The zero-order valence-electron chi connectivity index (χ0n) is 7.88. The SMILES string of the molecule is C=C(C)C(F)c1ccc(SC)cc1. The van der Waals surface area contributed by atoms with Gasteiger partial charge in [-0.2, -0.15) is 0 Å². The van der Waals surface area contributed by atoms with Gasteiger partial charge in [-0.1, -0.05) is 18.7 Å². The first-order valence-corrected chi connectivity index (χ1v) is 5.31. The summed E-state index contributed by atoms with van der Waals surface area (Å²) in [4.78, 5) is 1.15. The molecule has 1 aromatic carbocycles. The van der Waals surface area contributed by atoms with Crippen molar-refractivity contribution in [1.29, 1.82) is 0 Å². The molecule has 0 fully saturated rings. The van der Waals surface area contributed by atoms with Crippen LogP contribution in [0.25, 0.3) is 0 Å². The lowest BCUT2D eigenvalue weighted by molar-refractivity contribution is 0.395. The molecule has 0 aliphatic carbocycles. The van der Waals surface area contributed by atoms with Gasteiger partial charge < -0.3 is 0 Å². The minimum Gasteiger partial charge on any atom is -0.237 e. The van der Waals surface area contributed by atoms with Crippen molar-refractivity contribution in [3.63, 3.8) is 0 Å². The second kappa shape index (κ2) is 4.47. The molecule has 0 aliphatic rings. The van der Waals surface area contributed by atoms with E-state index < -0.39 is 6.17 Å². The molecule has 0 spiro atoms. The molecule has 70 valence electrons. The molecule has 0 amide bonds. The smallest absolute Gasteiger partial charge is 0.146 e. The van der Waals surface area contributed by atoms with Crippen molar-refractivity contribution in [3.05, 3.63) is 42.0 Å². The quantitative estimate of drug-likeness (QED) is 0.520. The minimum atomic E-state index is -1.03. The number of alkyl halides is 1. The molecule has 1 unspecified atom stereocenters. The summed E-state index contributed by atoms with van der Waals surface area (Å²) in [6.45, 7) is 5.30. The fourth-order valence-corrected chi connectivity index (χ4v) is 1.47. The van der Waals surface area contributed by atoms with Gasteiger partial charge in [-0.15, -0.1) is 11.8 Å². The van der Waals surface area contributed by atoms with Crippen LogP contribution in [-0.4, -0.2) is 6.26 Å². The number of hydrogen-bond donors (Lipinski definition) is 0. The Morgan fingerprint density at radius 1 is 1.38 bits per heavy atom. The zero-order chi connectivity index (χ0) is 9.84. The summed E-state index contributed by atoms with van der Waals surface area (Å²) >= 11 is 1.65. The number of halogens is 1. The van der Waals surface area contributed by atoms with Gasteiger partial charge in [0.1, 0.15) is 6.17 Å². The molecule has 1 atom stereocenters. The topological polar surface area (TPSA) is 0 Å². The van der Waals surface area contributed by atoms with Crippen LogP contribution >= 0.6 is 11.8 Å². The van der Waals surface area contributed by atoms with Gasteiger partial charge in [0.2, 0.25) is 0 Å². The second-order valence-electron chi connectivity index (χ2n) is 2.98. The molecule has 0 saturated carbocycles. The van der Waals surface area contributed by atoms with Crippen molar-refractivity contribution in [1.82, 2.24) is 0 Å². The Morgan fingerprint density at radius 2 is 1.92 bits per heavy atom. The molecule has 0 nitrogen and oxygen atoms in total. The van der Waals surface area contributed by atoms with Crippen molar-refractivity contribution < 1.29 is 4.39 Å². The van der Waals surface area contributed by atoms with Gasteiger partial charge in [-0.25, -0.2) is 4.39 Å². The van der Waals surface area contributed by atoms with Crippen LogP contribution in [0, 0.1) is 0 Å². The lowest BCUT2D eigenvalue weighted by Gasteiger charge is -2.07. The van der Waals surface area contributed by atoms with Crippen molar-refractivity contribution in [2.45, 2.75) is 18.0 Å². The Morgan fingerprint density at radius 3 is 2.31 bits per heavy atom. The molecule has 0 bridgehead atoms. The van der Waals surface area contributed by atoms with Crippen molar-refractivity contribution >= 4 is 11.8 Å². The summed E-state index contributed by atoms with van der Waals surface area (Å²) in [5.74, 6) is 0. The summed E-state index contributed by atoms with van der Waals surface area (Å²) in [7, 11) is 0. The van der Waals surface area contributed by atoms with E-state index in [0.29, 0.717) is 11.1 Å². The van der Waals surface area contributed by atoms with Gasteiger partial charge in [-0.3, -0.25) is 0 Å². The van der Waals surface area contributed by atoms with Gasteiger partial charge in [0.25, 0.3) is 0 Å². The fourth-order valence-electron chi connectivity index (χ4n) is 1.06. The van der Waals surface area contributed by atoms with Crippen LogP contribution < -0.4 is 0 Å². The van der Waals surface area contributed by atoms with Crippen LogP contribution in [0.4, 0.5) is 4.39 Å². The highest BCUT2D eigenvalue weighted by atomic mass is 32.2. The predicted octanol–water partition coefficient (Wildman–Crippen LogP) is 4.00. The van der Waals surface area contributed by atoms with Crippen LogP contribution in [-0.2, 0) is 0 Å². The molecule has 0 aliphatic heterocycles. The van der Waals surface area contributed by atoms with Gasteiger partial charge >= 0.3 is 0 Å². The van der Waals surface area contributed by atoms with Gasteiger partial charge in [0, 0.05) is 4.90 Å². The molecule has 2 heteroatoms. The normalized spacial score (nSPS) is 12.5. The van der Waals surface area contributed by atoms with Gasteiger partial charge in [0.15, 0.2) is 0 Å². The fraction of sp³-hybridized carbons (Fsp3) is 0.273. The maximum atomic E-state index is 13.4. The van der Waals surface area contributed by atoms with E-state index in [1.54, 1.807) is 18.7 Å². The third kappa shape index (κ3) is 2.59. The molecular formula is C11H13FS. The highest BCUT2D eigenvalue weighted by Crippen LogP contribution is 2.25. The summed E-state index contributed by atoms with van der Waals surface area (Å²) in [5.41, 5.74) is 1.24. The Bertz CT molecular complexity index is 289. The van der Waals surface area contributed by atoms with Gasteiger partial charge in [-0.05, 0) is 36.4 Å². The maximum absolute atomic E-state index is 13.4. The van der Waals surface area contributed by atoms with E-state index in [0.717, 1.165) is 4.90 Å². The van der Waals surface area contributed by atoms with Gasteiger partial charge in [0.05, 0.1) is 0 Å². The molecule has 13 heavy (non-hydrogen) atoms. The Kier molecular flexibility index (Phi) is 3.55. The number of rotatable bonds is 3. The third-order valence-corrected chi connectivity index (χ3v) is 2.58. The average molecular weight is 196 g/mol. The summed E-state index contributed by atoms with van der Waals surface area (Å²) < 4.78 is 13.4. The van der Waals surface area contributed by atoms with Crippen molar-refractivity contribution in [2.24, 2.45) is 0 Å². The lowest BCUT2D eigenvalue weighted by Crippen LogP contribution is -1.91. The van der Waals surface area contributed by atoms with E-state index in [4.69, 9.17) is 0 Å². The molecule has 1 aromatic rings. The molecule has 1 rings (SSSR count). The number of thioether (sulfide) groups is 1. The summed E-state index contributed by atoms with van der Waals surface area (Å²) in [5, 5.41) is 0. The largest absolute Gasteiger partial charge is 0.237 e. The van der Waals surface area contributed by atoms with Crippen LogP contribution in [0.15, 0.2) is 41.3 Å².